The summed E-state index contributed by atoms with van der Waals surface area (Å²) in [6, 6.07) is 5.33. The Hall–Kier alpha value is -1.30. The number of imidazole rings is 1. The maximum Gasteiger partial charge on any atom is 0.416 e. The van der Waals surface area contributed by atoms with Gasteiger partial charge in [-0.25, -0.2) is 9.13 Å². The number of benzene rings is 1. The summed E-state index contributed by atoms with van der Waals surface area (Å²) in [6.45, 7) is 5.66. The van der Waals surface area contributed by atoms with E-state index in [1.165, 1.54) is 12.1 Å². The molecule has 21 heavy (non-hydrogen) atoms. The van der Waals surface area contributed by atoms with Gasteiger partial charge >= 0.3 is 6.18 Å². The average molecular weight is 363 g/mol. The van der Waals surface area contributed by atoms with Crippen molar-refractivity contribution in [2.24, 2.45) is 0 Å². The van der Waals surface area contributed by atoms with Crippen LogP contribution in [0.4, 0.5) is 13.2 Å². The van der Waals surface area contributed by atoms with Gasteiger partial charge in [-0.15, -0.1) is 0 Å². The predicted octanol–water partition coefficient (Wildman–Crippen LogP) is 0.565. The van der Waals surface area contributed by atoms with Crippen molar-refractivity contribution < 1.29 is 34.7 Å². The fraction of sp³-hybridized carbons (Fsp3) is 0.400. The second-order valence-corrected chi connectivity index (χ2v) is 4.86. The van der Waals surface area contributed by atoms with E-state index in [-0.39, 0.29) is 17.0 Å². The van der Waals surface area contributed by atoms with Gasteiger partial charge in [0.2, 0.25) is 0 Å². The largest absolute Gasteiger partial charge is 1.00 e. The number of alkyl halides is 3. The molecule has 0 aliphatic heterocycles. The Kier molecular flexibility index (Phi) is 6.01. The van der Waals surface area contributed by atoms with Gasteiger partial charge in [0, 0.05) is 6.92 Å². The zero-order valence-corrected chi connectivity index (χ0v) is 13.6. The van der Waals surface area contributed by atoms with Crippen LogP contribution in [0, 0.1) is 6.92 Å². The smallest absolute Gasteiger partial charge is 0.416 e. The number of hydrogen-bond acceptors (Lipinski definition) is 0. The van der Waals surface area contributed by atoms with E-state index in [0.29, 0.717) is 6.54 Å². The molecule has 6 heteroatoms. The number of hydrogen-bond donors (Lipinski definition) is 0. The predicted molar refractivity (Wildman–Crippen MR) is 70.2 cm³/mol. The lowest BCUT2D eigenvalue weighted by Crippen LogP contribution is -3.00. The van der Waals surface area contributed by atoms with Crippen LogP contribution in [0.15, 0.2) is 36.7 Å². The van der Waals surface area contributed by atoms with E-state index >= 15 is 0 Å². The maximum atomic E-state index is 12.5. The molecule has 0 aliphatic carbocycles. The Labute approximate surface area is 133 Å². The Morgan fingerprint density at radius 2 is 1.76 bits per heavy atom. The van der Waals surface area contributed by atoms with Crippen molar-refractivity contribution in [3.8, 4) is 0 Å². The molecule has 0 bridgehead atoms. The molecule has 0 unspecified atom stereocenters. The molecular weight excluding hydrogens is 345 g/mol. The summed E-state index contributed by atoms with van der Waals surface area (Å²) in [5, 5.41) is 0. The third kappa shape index (κ3) is 4.33. The molecule has 0 radical (unpaired) electrons. The van der Waals surface area contributed by atoms with Crippen LogP contribution < -0.4 is 21.5 Å². The summed E-state index contributed by atoms with van der Waals surface area (Å²) in [6.07, 6.45) is 0.743. The van der Waals surface area contributed by atoms with Crippen molar-refractivity contribution in [3.05, 3.63) is 53.6 Å². The summed E-state index contributed by atoms with van der Waals surface area (Å²) in [5.74, 6) is 1.10. The average Bonchev–Trinajstić information content (AvgIpc) is 2.72. The monoisotopic (exact) mass is 362 g/mol. The second kappa shape index (κ2) is 7.11. The van der Waals surface area contributed by atoms with Crippen LogP contribution in [0.3, 0.4) is 0 Å². The lowest BCUT2D eigenvalue weighted by molar-refractivity contribution is -0.694. The zero-order valence-electron chi connectivity index (χ0n) is 12.0. The summed E-state index contributed by atoms with van der Waals surface area (Å²) < 4.78 is 41.7. The first kappa shape index (κ1) is 17.8. The molecule has 0 saturated carbocycles. The molecular formula is C15H18BrF3N2. The van der Waals surface area contributed by atoms with Crippen molar-refractivity contribution in [2.45, 2.75) is 39.5 Å². The molecule has 0 fully saturated rings. The van der Waals surface area contributed by atoms with Crippen LogP contribution in [0.5, 0.6) is 0 Å². The Balaban J connectivity index is 0.00000220. The highest BCUT2D eigenvalue weighted by Gasteiger charge is 2.30. The fourth-order valence-corrected chi connectivity index (χ4v) is 2.18. The summed E-state index contributed by atoms with van der Waals surface area (Å²) in [4.78, 5) is 0. The third-order valence-electron chi connectivity index (χ3n) is 3.36. The number of aromatic nitrogens is 2. The molecule has 1 aromatic heterocycles. The minimum Gasteiger partial charge on any atom is -1.00 e. The normalized spacial score (nSPS) is 11.3. The van der Waals surface area contributed by atoms with Gasteiger partial charge in [0.1, 0.15) is 18.9 Å². The van der Waals surface area contributed by atoms with Crippen molar-refractivity contribution in [3.63, 3.8) is 0 Å². The van der Waals surface area contributed by atoms with Gasteiger partial charge in [-0.3, -0.25) is 0 Å². The Morgan fingerprint density at radius 3 is 2.29 bits per heavy atom. The molecule has 116 valence electrons. The van der Waals surface area contributed by atoms with E-state index in [2.05, 4.69) is 11.5 Å². The molecule has 0 N–H and O–H groups in total. The summed E-state index contributed by atoms with van der Waals surface area (Å²) >= 11 is 0. The quantitative estimate of drug-likeness (QED) is 0.703. The highest BCUT2D eigenvalue weighted by atomic mass is 79.9. The molecule has 1 aromatic carbocycles. The molecule has 2 rings (SSSR count). The van der Waals surface area contributed by atoms with Gasteiger partial charge in [-0.1, -0.05) is 19.1 Å². The SMILES string of the molecule is CCCn1cc[n+](Cc2ccc(C(F)(F)F)cc2)c1C.[Br-]. The van der Waals surface area contributed by atoms with Crippen LogP contribution in [0.25, 0.3) is 0 Å². The number of aryl methyl sites for hydroxylation is 1. The molecule has 1 heterocycles. The highest BCUT2D eigenvalue weighted by Crippen LogP contribution is 2.29. The van der Waals surface area contributed by atoms with E-state index in [4.69, 9.17) is 0 Å². The number of halogens is 4. The van der Waals surface area contributed by atoms with E-state index < -0.39 is 11.7 Å². The van der Waals surface area contributed by atoms with Gasteiger partial charge in [-0.05, 0) is 24.1 Å². The number of rotatable bonds is 4. The van der Waals surface area contributed by atoms with Gasteiger partial charge in [0.25, 0.3) is 5.82 Å². The lowest BCUT2D eigenvalue weighted by atomic mass is 10.1. The molecule has 0 atom stereocenters. The van der Waals surface area contributed by atoms with Gasteiger partial charge in [-0.2, -0.15) is 13.2 Å². The first-order valence-electron chi connectivity index (χ1n) is 6.63. The minimum absolute atomic E-state index is 0. The van der Waals surface area contributed by atoms with Crippen LogP contribution in [0.1, 0.15) is 30.3 Å². The standard InChI is InChI=1S/C15H18F3N2.BrH/c1-3-8-19-9-10-20(12(19)2)11-13-4-6-14(7-5-13)15(16,17)18;/h4-7,9-10H,3,8,11H2,1-2H3;1H/q+1;/p-1. The molecule has 0 spiro atoms. The van der Waals surface area contributed by atoms with Crippen LogP contribution in [-0.4, -0.2) is 4.57 Å². The van der Waals surface area contributed by atoms with Gasteiger partial charge < -0.3 is 17.0 Å². The van der Waals surface area contributed by atoms with Crippen molar-refractivity contribution >= 4 is 0 Å². The topological polar surface area (TPSA) is 8.81 Å². The molecule has 0 saturated heterocycles. The third-order valence-corrected chi connectivity index (χ3v) is 3.36. The highest BCUT2D eigenvalue weighted by molar-refractivity contribution is 5.24. The summed E-state index contributed by atoms with van der Waals surface area (Å²) in [5.41, 5.74) is 0.256. The molecule has 0 amide bonds. The second-order valence-electron chi connectivity index (χ2n) is 4.86. The van der Waals surface area contributed by atoms with Crippen LogP contribution >= 0.6 is 0 Å². The van der Waals surface area contributed by atoms with Crippen molar-refractivity contribution in [1.82, 2.24) is 4.57 Å². The molecule has 2 aromatic rings. The number of nitrogens with zero attached hydrogens (tertiary/aromatic N) is 2. The zero-order chi connectivity index (χ0) is 14.8. The molecule has 2 nitrogen and oxygen atoms in total. The van der Waals surface area contributed by atoms with E-state index in [9.17, 15) is 13.2 Å². The van der Waals surface area contributed by atoms with Gasteiger partial charge in [0.15, 0.2) is 0 Å². The van der Waals surface area contributed by atoms with Gasteiger partial charge in [0.05, 0.1) is 12.1 Å². The van der Waals surface area contributed by atoms with E-state index in [1.54, 1.807) is 0 Å². The van der Waals surface area contributed by atoms with Crippen LogP contribution in [0.2, 0.25) is 0 Å². The Morgan fingerprint density at radius 1 is 1.14 bits per heavy atom. The van der Waals surface area contributed by atoms with Crippen LogP contribution in [-0.2, 0) is 19.3 Å². The lowest BCUT2D eigenvalue weighted by Gasteiger charge is -2.07. The van der Waals surface area contributed by atoms with E-state index in [1.807, 2.05) is 23.9 Å². The molecule has 0 aliphatic rings. The summed E-state index contributed by atoms with van der Waals surface area (Å²) in [7, 11) is 0. The first-order chi connectivity index (χ1) is 9.41. The van der Waals surface area contributed by atoms with E-state index in [0.717, 1.165) is 36.5 Å². The Bertz CT molecular complexity index is 574. The minimum atomic E-state index is -4.27. The first-order valence-corrected chi connectivity index (χ1v) is 6.63. The fourth-order valence-electron chi connectivity index (χ4n) is 2.18. The van der Waals surface area contributed by atoms with Crippen molar-refractivity contribution in [1.29, 1.82) is 0 Å². The van der Waals surface area contributed by atoms with Crippen molar-refractivity contribution in [2.75, 3.05) is 0 Å². The maximum absolute atomic E-state index is 12.5.